The van der Waals surface area contributed by atoms with Crippen molar-refractivity contribution >= 4 is 17.2 Å². The van der Waals surface area contributed by atoms with Crippen LogP contribution in [0.5, 0.6) is 0 Å². The van der Waals surface area contributed by atoms with Crippen LogP contribution in [-0.4, -0.2) is 9.78 Å². The third-order valence-electron chi connectivity index (χ3n) is 2.57. The first-order valence-electron chi connectivity index (χ1n) is 5.30. The molecule has 1 heterocycles. The minimum absolute atomic E-state index is 0.273. The van der Waals surface area contributed by atoms with Crippen LogP contribution in [0.1, 0.15) is 11.3 Å². The van der Waals surface area contributed by atoms with Crippen LogP contribution in [0.2, 0.25) is 0 Å². The van der Waals surface area contributed by atoms with Gasteiger partial charge < -0.3 is 11.1 Å². The molecule has 1 aromatic heterocycles. The summed E-state index contributed by atoms with van der Waals surface area (Å²) in [5, 5.41) is 7.27. The minimum atomic E-state index is -0.273. The Kier molecular flexibility index (Phi) is 2.75. The predicted octanol–water partition coefficient (Wildman–Crippen LogP) is 2.50. The summed E-state index contributed by atoms with van der Waals surface area (Å²) in [7, 11) is 1.79. The molecule has 90 valence electrons. The van der Waals surface area contributed by atoms with Gasteiger partial charge in [0.15, 0.2) is 5.82 Å². The van der Waals surface area contributed by atoms with Crippen molar-refractivity contribution in [1.29, 1.82) is 0 Å². The van der Waals surface area contributed by atoms with Gasteiger partial charge in [-0.1, -0.05) is 0 Å². The van der Waals surface area contributed by atoms with Gasteiger partial charge in [0.05, 0.1) is 11.4 Å². The highest BCUT2D eigenvalue weighted by atomic mass is 19.1. The summed E-state index contributed by atoms with van der Waals surface area (Å²) in [6.45, 7) is 3.67. The lowest BCUT2D eigenvalue weighted by molar-refractivity contribution is 0.627. The summed E-state index contributed by atoms with van der Waals surface area (Å²) in [6, 6.07) is 4.75. The summed E-state index contributed by atoms with van der Waals surface area (Å²) in [5.74, 6) is 0.400. The van der Waals surface area contributed by atoms with E-state index >= 15 is 0 Å². The summed E-state index contributed by atoms with van der Waals surface area (Å²) in [4.78, 5) is 0. The average Bonchev–Trinajstić information content (AvgIpc) is 2.44. The molecule has 0 saturated carbocycles. The van der Waals surface area contributed by atoms with Crippen molar-refractivity contribution in [2.75, 3.05) is 11.1 Å². The number of anilines is 3. The Balaban J connectivity index is 2.37. The van der Waals surface area contributed by atoms with Gasteiger partial charge in [0.1, 0.15) is 5.82 Å². The molecule has 0 aliphatic rings. The third-order valence-corrected chi connectivity index (χ3v) is 2.57. The van der Waals surface area contributed by atoms with Crippen LogP contribution < -0.4 is 11.1 Å². The van der Waals surface area contributed by atoms with E-state index in [0.717, 1.165) is 11.3 Å². The second kappa shape index (κ2) is 4.08. The van der Waals surface area contributed by atoms with Crippen molar-refractivity contribution in [2.45, 2.75) is 13.8 Å². The number of nitrogens with two attached hydrogens (primary N) is 1. The molecule has 0 bridgehead atoms. The number of nitrogen functional groups attached to an aromatic ring is 1. The average molecular weight is 234 g/mol. The molecule has 3 N–H and O–H groups in total. The standard InChI is InChI=1S/C12H15FN4/c1-7-4-9(13)6-10(5-7)15-12-11(14)8(2)16-17(12)3/h4-6,15H,14H2,1-3H3. The predicted molar refractivity (Wildman–Crippen MR) is 66.8 cm³/mol. The monoisotopic (exact) mass is 234 g/mol. The molecule has 4 nitrogen and oxygen atoms in total. The lowest BCUT2D eigenvalue weighted by atomic mass is 10.2. The van der Waals surface area contributed by atoms with Gasteiger partial charge in [-0.25, -0.2) is 4.39 Å². The molecule has 1 aromatic carbocycles. The quantitative estimate of drug-likeness (QED) is 0.839. The summed E-state index contributed by atoms with van der Waals surface area (Å²) in [6.07, 6.45) is 0. The molecule has 0 atom stereocenters. The molecule has 0 aliphatic carbocycles. The van der Waals surface area contributed by atoms with Crippen LogP contribution in [0.3, 0.4) is 0 Å². The van der Waals surface area contributed by atoms with Gasteiger partial charge >= 0.3 is 0 Å². The second-order valence-corrected chi connectivity index (χ2v) is 4.11. The maximum Gasteiger partial charge on any atom is 0.152 e. The van der Waals surface area contributed by atoms with E-state index in [1.165, 1.54) is 12.1 Å². The second-order valence-electron chi connectivity index (χ2n) is 4.11. The van der Waals surface area contributed by atoms with Crippen molar-refractivity contribution in [3.05, 3.63) is 35.3 Å². The Labute approximate surface area is 99.2 Å². The fraction of sp³-hybridized carbons (Fsp3) is 0.250. The number of halogens is 1. The molecule has 0 unspecified atom stereocenters. The van der Waals surface area contributed by atoms with Crippen molar-refractivity contribution < 1.29 is 4.39 Å². The van der Waals surface area contributed by atoms with Crippen LogP contribution in [0.25, 0.3) is 0 Å². The largest absolute Gasteiger partial charge is 0.394 e. The van der Waals surface area contributed by atoms with Gasteiger partial charge in [0.25, 0.3) is 0 Å². The highest BCUT2D eigenvalue weighted by Crippen LogP contribution is 2.25. The number of hydrogen-bond acceptors (Lipinski definition) is 3. The van der Waals surface area contributed by atoms with Crippen molar-refractivity contribution in [2.24, 2.45) is 7.05 Å². The number of nitrogens with one attached hydrogen (secondary N) is 1. The van der Waals surface area contributed by atoms with E-state index in [9.17, 15) is 4.39 Å². The highest BCUT2D eigenvalue weighted by Gasteiger charge is 2.10. The topological polar surface area (TPSA) is 55.9 Å². The Morgan fingerprint density at radius 1 is 1.29 bits per heavy atom. The van der Waals surface area contributed by atoms with Gasteiger partial charge in [0.2, 0.25) is 0 Å². The van der Waals surface area contributed by atoms with Crippen LogP contribution in [0, 0.1) is 19.7 Å². The van der Waals surface area contributed by atoms with Crippen LogP contribution in [-0.2, 0) is 7.05 Å². The first kappa shape index (κ1) is 11.4. The number of rotatable bonds is 2. The zero-order valence-corrected chi connectivity index (χ0v) is 10.1. The molecule has 0 radical (unpaired) electrons. The third kappa shape index (κ3) is 2.22. The smallest absolute Gasteiger partial charge is 0.152 e. The highest BCUT2D eigenvalue weighted by molar-refractivity contribution is 5.71. The zero-order chi connectivity index (χ0) is 12.6. The molecule has 0 spiro atoms. The zero-order valence-electron chi connectivity index (χ0n) is 10.1. The normalized spacial score (nSPS) is 10.6. The van der Waals surface area contributed by atoms with E-state index < -0.39 is 0 Å². The van der Waals surface area contributed by atoms with Gasteiger partial charge in [-0.3, -0.25) is 4.68 Å². The van der Waals surface area contributed by atoms with E-state index in [1.807, 2.05) is 19.9 Å². The summed E-state index contributed by atoms with van der Waals surface area (Å²) >= 11 is 0. The van der Waals surface area contributed by atoms with E-state index in [4.69, 9.17) is 5.73 Å². The van der Waals surface area contributed by atoms with Crippen LogP contribution >= 0.6 is 0 Å². The number of aryl methyl sites for hydroxylation is 3. The van der Waals surface area contributed by atoms with Crippen molar-refractivity contribution in [3.63, 3.8) is 0 Å². The minimum Gasteiger partial charge on any atom is -0.394 e. The van der Waals surface area contributed by atoms with Crippen molar-refractivity contribution in [3.8, 4) is 0 Å². The fourth-order valence-corrected chi connectivity index (χ4v) is 1.77. The maximum absolute atomic E-state index is 13.2. The lowest BCUT2D eigenvalue weighted by Gasteiger charge is -2.08. The summed E-state index contributed by atoms with van der Waals surface area (Å²) in [5.41, 5.74) is 8.73. The Morgan fingerprint density at radius 3 is 2.53 bits per heavy atom. The van der Waals surface area contributed by atoms with Gasteiger partial charge in [0, 0.05) is 12.7 Å². The molecular formula is C12H15FN4. The van der Waals surface area contributed by atoms with E-state index in [2.05, 4.69) is 10.4 Å². The van der Waals surface area contributed by atoms with Gasteiger partial charge in [-0.05, 0) is 37.6 Å². The molecule has 0 fully saturated rings. The molecule has 0 aliphatic heterocycles. The Bertz CT molecular complexity index is 540. The van der Waals surface area contributed by atoms with Crippen molar-refractivity contribution in [1.82, 2.24) is 9.78 Å². The fourth-order valence-electron chi connectivity index (χ4n) is 1.77. The molecule has 0 amide bonds. The van der Waals surface area contributed by atoms with Gasteiger partial charge in [-0.15, -0.1) is 0 Å². The van der Waals surface area contributed by atoms with E-state index in [-0.39, 0.29) is 5.82 Å². The number of hydrogen-bond donors (Lipinski definition) is 2. The molecule has 0 saturated heterocycles. The van der Waals surface area contributed by atoms with E-state index in [1.54, 1.807) is 11.7 Å². The lowest BCUT2D eigenvalue weighted by Crippen LogP contribution is -2.01. The summed E-state index contributed by atoms with van der Waals surface area (Å²) < 4.78 is 14.9. The molecule has 2 rings (SSSR count). The Hall–Kier alpha value is -2.04. The number of nitrogens with zero attached hydrogens (tertiary/aromatic N) is 2. The van der Waals surface area contributed by atoms with Crippen LogP contribution in [0.4, 0.5) is 21.6 Å². The first-order valence-corrected chi connectivity index (χ1v) is 5.30. The maximum atomic E-state index is 13.2. The van der Waals surface area contributed by atoms with E-state index in [0.29, 0.717) is 17.2 Å². The first-order chi connectivity index (χ1) is 7.97. The van der Waals surface area contributed by atoms with Gasteiger partial charge in [-0.2, -0.15) is 5.10 Å². The SMILES string of the molecule is Cc1cc(F)cc(Nc2c(N)c(C)nn2C)c1. The Morgan fingerprint density at radius 2 is 2.00 bits per heavy atom. The molecular weight excluding hydrogens is 219 g/mol. The molecule has 2 aromatic rings. The number of benzene rings is 1. The number of aromatic nitrogens is 2. The van der Waals surface area contributed by atoms with Crippen LogP contribution in [0.15, 0.2) is 18.2 Å². The molecule has 17 heavy (non-hydrogen) atoms. The molecule has 5 heteroatoms.